The van der Waals surface area contributed by atoms with Crippen LogP contribution < -0.4 is 0 Å². The molecule has 0 rings (SSSR count). The Balaban J connectivity index is 4.75. The van der Waals surface area contributed by atoms with Crippen molar-refractivity contribution < 1.29 is 13.2 Å². The summed E-state index contributed by atoms with van der Waals surface area (Å²) in [4.78, 5) is 0. The van der Waals surface area contributed by atoms with Gasteiger partial charge in [0.25, 0.3) is 0 Å². The van der Waals surface area contributed by atoms with Crippen LogP contribution in [0.3, 0.4) is 0 Å². The molecule has 0 saturated carbocycles. The maximum Gasteiger partial charge on any atom is 0.311 e. The SMILES string of the molecule is FC(Cl)(Cl)C(F)(Cl)C(F)(Cl)Cl. The summed E-state index contributed by atoms with van der Waals surface area (Å²) in [5.41, 5.74) is 0. The van der Waals surface area contributed by atoms with Crippen LogP contribution in [0.1, 0.15) is 0 Å². The summed E-state index contributed by atoms with van der Waals surface area (Å²) >= 11 is 22.5. The predicted octanol–water partition coefficient (Wildman–Crippen LogP) is 4.09. The number of rotatable bonds is 2. The smallest absolute Gasteiger partial charge is 0.213 e. The summed E-state index contributed by atoms with van der Waals surface area (Å²) in [7, 11) is 0. The van der Waals surface area contributed by atoms with Crippen LogP contribution >= 0.6 is 58.0 Å². The number of hydrogen-bond donors (Lipinski definition) is 0. The standard InChI is InChI=1S/C3Cl5F3/c4-1(9,2(5,6)10)3(7,8)11. The molecule has 0 aromatic carbocycles. The second-order valence-corrected chi connectivity index (χ2v) is 4.56. The second kappa shape index (κ2) is 3.18. The van der Waals surface area contributed by atoms with Crippen molar-refractivity contribution in [3.05, 3.63) is 0 Å². The van der Waals surface area contributed by atoms with Crippen LogP contribution in [0.25, 0.3) is 0 Å². The van der Waals surface area contributed by atoms with Crippen LogP contribution in [0.4, 0.5) is 13.2 Å². The molecule has 0 spiro atoms. The Bertz CT molecular complexity index is 128. The third kappa shape index (κ3) is 2.59. The van der Waals surface area contributed by atoms with Gasteiger partial charge < -0.3 is 0 Å². The van der Waals surface area contributed by atoms with Crippen LogP contribution in [0.5, 0.6) is 0 Å². The molecular weight excluding hydrogens is 270 g/mol. The van der Waals surface area contributed by atoms with Crippen LogP contribution in [0.2, 0.25) is 0 Å². The predicted molar refractivity (Wildman–Crippen MR) is 40.8 cm³/mol. The van der Waals surface area contributed by atoms with Gasteiger partial charge in [0, 0.05) is 0 Å². The largest absolute Gasteiger partial charge is 0.311 e. The first kappa shape index (κ1) is 12.2. The summed E-state index contributed by atoms with van der Waals surface area (Å²) in [6.07, 6.45) is 0. The molecule has 0 aliphatic heterocycles. The van der Waals surface area contributed by atoms with E-state index in [0.717, 1.165) is 0 Å². The molecule has 0 unspecified atom stereocenters. The Morgan fingerprint density at radius 3 is 0.818 bits per heavy atom. The highest BCUT2D eigenvalue weighted by Crippen LogP contribution is 2.53. The average Bonchev–Trinajstić information content (AvgIpc) is 1.58. The summed E-state index contributed by atoms with van der Waals surface area (Å²) in [6.45, 7) is 0. The van der Waals surface area contributed by atoms with Gasteiger partial charge in [-0.1, -0.05) is 58.0 Å². The van der Waals surface area contributed by atoms with Gasteiger partial charge in [0.15, 0.2) is 0 Å². The minimum atomic E-state index is -3.92. The van der Waals surface area contributed by atoms with E-state index in [1.807, 2.05) is 0 Å². The third-order valence-electron chi connectivity index (χ3n) is 0.712. The minimum absolute atomic E-state index is 3.72. The Hall–Kier alpha value is 1.24. The van der Waals surface area contributed by atoms with Crippen LogP contribution in [-0.2, 0) is 0 Å². The van der Waals surface area contributed by atoms with E-state index in [9.17, 15) is 13.2 Å². The fourth-order valence-electron chi connectivity index (χ4n) is 0.161. The van der Waals surface area contributed by atoms with Crippen molar-refractivity contribution in [3.63, 3.8) is 0 Å². The van der Waals surface area contributed by atoms with E-state index in [-0.39, 0.29) is 0 Å². The van der Waals surface area contributed by atoms with Gasteiger partial charge in [-0.2, -0.15) is 0 Å². The van der Waals surface area contributed by atoms with Gasteiger partial charge in [0.1, 0.15) is 0 Å². The Labute approximate surface area is 85.5 Å². The lowest BCUT2D eigenvalue weighted by Gasteiger charge is -2.28. The highest BCUT2D eigenvalue weighted by Gasteiger charge is 2.65. The first-order chi connectivity index (χ1) is 4.50. The number of hydrogen-bond acceptors (Lipinski definition) is 0. The fourth-order valence-corrected chi connectivity index (χ4v) is 0.875. The lowest BCUT2D eigenvalue weighted by molar-refractivity contribution is 0.0818. The van der Waals surface area contributed by atoms with E-state index in [2.05, 4.69) is 58.0 Å². The van der Waals surface area contributed by atoms with Gasteiger partial charge >= 0.3 is 14.3 Å². The van der Waals surface area contributed by atoms with E-state index < -0.39 is 14.3 Å². The fraction of sp³-hybridized carbons (Fsp3) is 1.00. The Morgan fingerprint density at radius 2 is 0.818 bits per heavy atom. The van der Waals surface area contributed by atoms with E-state index in [0.29, 0.717) is 0 Å². The molecule has 0 N–H and O–H groups in total. The van der Waals surface area contributed by atoms with Crippen molar-refractivity contribution in [3.8, 4) is 0 Å². The van der Waals surface area contributed by atoms with E-state index in [4.69, 9.17) is 0 Å². The highest BCUT2D eigenvalue weighted by atomic mass is 35.5. The molecule has 0 aromatic heterocycles. The molecule has 0 aliphatic carbocycles. The van der Waals surface area contributed by atoms with E-state index >= 15 is 0 Å². The quantitative estimate of drug-likeness (QED) is 0.663. The number of halogens is 8. The van der Waals surface area contributed by atoms with Gasteiger partial charge in [0.2, 0.25) is 0 Å². The van der Waals surface area contributed by atoms with Gasteiger partial charge in [-0.25, -0.2) is 13.2 Å². The molecule has 0 nitrogen and oxygen atoms in total. The molecule has 0 bridgehead atoms. The van der Waals surface area contributed by atoms with Crippen LogP contribution in [-0.4, -0.2) is 14.3 Å². The third-order valence-corrected chi connectivity index (χ3v) is 2.66. The van der Waals surface area contributed by atoms with E-state index in [1.54, 1.807) is 0 Å². The molecular formula is C3Cl5F3. The van der Waals surface area contributed by atoms with Gasteiger partial charge in [0.05, 0.1) is 0 Å². The molecule has 0 heterocycles. The zero-order valence-electron chi connectivity index (χ0n) is 4.52. The molecule has 11 heavy (non-hydrogen) atoms. The first-order valence-electron chi connectivity index (χ1n) is 2.01. The molecule has 0 aliphatic rings. The average molecular weight is 270 g/mol. The van der Waals surface area contributed by atoms with Crippen molar-refractivity contribution in [1.29, 1.82) is 0 Å². The molecule has 68 valence electrons. The molecule has 0 atom stereocenters. The topological polar surface area (TPSA) is 0 Å². The second-order valence-electron chi connectivity index (χ2n) is 1.57. The molecule has 0 amide bonds. The summed E-state index contributed by atoms with van der Waals surface area (Å²) in [5, 5.41) is -3.92. The van der Waals surface area contributed by atoms with Crippen molar-refractivity contribution in [2.75, 3.05) is 0 Å². The maximum atomic E-state index is 12.6. The maximum absolute atomic E-state index is 12.6. The molecule has 0 saturated heterocycles. The molecule has 0 radical (unpaired) electrons. The Morgan fingerprint density at radius 1 is 0.636 bits per heavy atom. The van der Waals surface area contributed by atoms with Crippen molar-refractivity contribution in [1.82, 2.24) is 0 Å². The van der Waals surface area contributed by atoms with E-state index in [1.165, 1.54) is 0 Å². The molecule has 8 heteroatoms. The highest BCUT2D eigenvalue weighted by molar-refractivity contribution is 6.58. The summed E-state index contributed by atoms with van der Waals surface area (Å²) < 4.78 is 29.7. The van der Waals surface area contributed by atoms with Gasteiger partial charge in [-0.05, 0) is 0 Å². The molecule has 0 fully saturated rings. The number of alkyl halides is 8. The van der Waals surface area contributed by atoms with Crippen LogP contribution in [0, 0.1) is 0 Å². The zero-order chi connectivity index (χ0) is 9.50. The zero-order valence-corrected chi connectivity index (χ0v) is 8.30. The molecule has 0 aromatic rings. The van der Waals surface area contributed by atoms with Crippen molar-refractivity contribution in [2.45, 2.75) is 14.3 Å². The van der Waals surface area contributed by atoms with Gasteiger partial charge in [-0.15, -0.1) is 0 Å². The van der Waals surface area contributed by atoms with Crippen molar-refractivity contribution in [2.24, 2.45) is 0 Å². The lowest BCUT2D eigenvalue weighted by atomic mass is 10.4. The normalized spacial score (nSPS) is 15.3. The summed E-state index contributed by atoms with van der Waals surface area (Å²) in [5.74, 6) is 0. The van der Waals surface area contributed by atoms with Gasteiger partial charge in [-0.3, -0.25) is 0 Å². The first-order valence-corrected chi connectivity index (χ1v) is 3.90. The lowest BCUT2D eigenvalue weighted by Crippen LogP contribution is -2.45. The summed E-state index contributed by atoms with van der Waals surface area (Å²) in [6, 6.07) is 0. The minimum Gasteiger partial charge on any atom is -0.213 e. The monoisotopic (exact) mass is 268 g/mol. The Kier molecular flexibility index (Phi) is 3.54. The van der Waals surface area contributed by atoms with Crippen LogP contribution in [0.15, 0.2) is 0 Å². The van der Waals surface area contributed by atoms with Crippen molar-refractivity contribution >= 4 is 58.0 Å².